The standard InChI is InChI=1S/C24H29N3O6/c1-31-20-9-8-18(14-21(20)32-2)24(30)27-12-10-26(11-13-27)16-22(28)25-19-7-5-4-6-17(19)15-23(29)33-3/h4-9,14H,10-13,15-16H2,1-3H3,(H,25,28). The molecule has 0 unspecified atom stereocenters. The Kier molecular flexibility index (Phi) is 8.26. The molecule has 1 aliphatic rings. The van der Waals surface area contributed by atoms with Crippen LogP contribution in [0, 0.1) is 0 Å². The number of hydrogen-bond acceptors (Lipinski definition) is 7. The van der Waals surface area contributed by atoms with E-state index < -0.39 is 0 Å². The lowest BCUT2D eigenvalue weighted by molar-refractivity contribution is -0.139. The molecule has 0 radical (unpaired) electrons. The normalized spacial score (nSPS) is 13.8. The molecule has 0 spiro atoms. The topological polar surface area (TPSA) is 97.4 Å². The molecule has 0 saturated carbocycles. The molecule has 1 saturated heterocycles. The molecule has 2 aromatic rings. The second-order valence-electron chi connectivity index (χ2n) is 7.60. The SMILES string of the molecule is COC(=O)Cc1ccccc1NC(=O)CN1CCN(C(=O)c2ccc(OC)c(OC)c2)CC1. The van der Waals surface area contributed by atoms with Crippen molar-refractivity contribution in [2.75, 3.05) is 59.4 Å². The van der Waals surface area contributed by atoms with E-state index >= 15 is 0 Å². The van der Waals surface area contributed by atoms with E-state index in [9.17, 15) is 14.4 Å². The van der Waals surface area contributed by atoms with Crippen LogP contribution in [0.15, 0.2) is 42.5 Å². The minimum absolute atomic E-state index is 0.0863. The third-order valence-electron chi connectivity index (χ3n) is 5.51. The zero-order valence-electron chi connectivity index (χ0n) is 19.1. The summed E-state index contributed by atoms with van der Waals surface area (Å²) in [5.41, 5.74) is 1.82. The van der Waals surface area contributed by atoms with Crippen LogP contribution in [0.4, 0.5) is 5.69 Å². The van der Waals surface area contributed by atoms with Gasteiger partial charge in [0.15, 0.2) is 11.5 Å². The summed E-state index contributed by atoms with van der Waals surface area (Å²) in [5, 5.41) is 2.88. The third-order valence-corrected chi connectivity index (χ3v) is 5.51. The number of para-hydroxylation sites is 1. The summed E-state index contributed by atoms with van der Waals surface area (Å²) in [6, 6.07) is 12.3. The molecule has 1 fully saturated rings. The molecule has 1 N–H and O–H groups in total. The predicted octanol–water partition coefficient (Wildman–Crippen LogP) is 1.82. The molecule has 0 atom stereocenters. The van der Waals surface area contributed by atoms with Crippen molar-refractivity contribution in [2.45, 2.75) is 6.42 Å². The number of nitrogens with one attached hydrogen (secondary N) is 1. The molecule has 176 valence electrons. The number of carbonyl (C=O) groups excluding carboxylic acids is 3. The lowest BCUT2D eigenvalue weighted by Crippen LogP contribution is -2.50. The van der Waals surface area contributed by atoms with Crippen LogP contribution in [0.5, 0.6) is 11.5 Å². The van der Waals surface area contributed by atoms with Crippen molar-refractivity contribution >= 4 is 23.5 Å². The maximum Gasteiger partial charge on any atom is 0.310 e. The number of amides is 2. The van der Waals surface area contributed by atoms with Gasteiger partial charge >= 0.3 is 5.97 Å². The van der Waals surface area contributed by atoms with Gasteiger partial charge in [-0.2, -0.15) is 0 Å². The Morgan fingerprint density at radius 3 is 2.27 bits per heavy atom. The molecule has 9 heteroatoms. The van der Waals surface area contributed by atoms with Crippen molar-refractivity contribution in [3.63, 3.8) is 0 Å². The minimum Gasteiger partial charge on any atom is -0.493 e. The summed E-state index contributed by atoms with van der Waals surface area (Å²) < 4.78 is 15.2. The molecular weight excluding hydrogens is 426 g/mol. The van der Waals surface area contributed by atoms with Gasteiger partial charge in [-0.05, 0) is 29.8 Å². The van der Waals surface area contributed by atoms with Crippen LogP contribution in [0.3, 0.4) is 0 Å². The molecule has 2 amide bonds. The summed E-state index contributed by atoms with van der Waals surface area (Å²) in [5.74, 6) is 0.444. The van der Waals surface area contributed by atoms with Crippen molar-refractivity contribution in [2.24, 2.45) is 0 Å². The number of benzene rings is 2. The average molecular weight is 456 g/mol. The van der Waals surface area contributed by atoms with Gasteiger partial charge in [0.2, 0.25) is 5.91 Å². The largest absolute Gasteiger partial charge is 0.493 e. The number of rotatable bonds is 8. The number of piperazine rings is 1. The number of nitrogens with zero attached hydrogens (tertiary/aromatic N) is 2. The summed E-state index contributed by atoms with van der Waals surface area (Å²) >= 11 is 0. The smallest absolute Gasteiger partial charge is 0.310 e. The molecule has 0 aromatic heterocycles. The third kappa shape index (κ3) is 6.23. The Labute approximate surface area is 193 Å². The van der Waals surface area contributed by atoms with E-state index in [0.717, 1.165) is 0 Å². The first-order valence-electron chi connectivity index (χ1n) is 10.6. The van der Waals surface area contributed by atoms with Crippen LogP contribution in [0.2, 0.25) is 0 Å². The number of esters is 1. The van der Waals surface area contributed by atoms with Crippen LogP contribution >= 0.6 is 0 Å². The van der Waals surface area contributed by atoms with Gasteiger partial charge in [-0.25, -0.2) is 0 Å². The van der Waals surface area contributed by atoms with Gasteiger partial charge in [0, 0.05) is 37.4 Å². The lowest BCUT2D eigenvalue weighted by atomic mass is 10.1. The zero-order valence-corrected chi connectivity index (χ0v) is 19.1. The van der Waals surface area contributed by atoms with Crippen LogP contribution < -0.4 is 14.8 Å². The summed E-state index contributed by atoms with van der Waals surface area (Å²) in [7, 11) is 4.41. The van der Waals surface area contributed by atoms with Crippen molar-refractivity contribution in [1.29, 1.82) is 0 Å². The monoisotopic (exact) mass is 455 g/mol. The maximum atomic E-state index is 12.9. The van der Waals surface area contributed by atoms with Crippen molar-refractivity contribution in [1.82, 2.24) is 9.80 Å². The van der Waals surface area contributed by atoms with Crippen LogP contribution in [-0.2, 0) is 20.7 Å². The van der Waals surface area contributed by atoms with Gasteiger partial charge in [0.05, 0.1) is 34.3 Å². The highest BCUT2D eigenvalue weighted by atomic mass is 16.5. The second kappa shape index (κ2) is 11.3. The van der Waals surface area contributed by atoms with Crippen molar-refractivity contribution in [3.8, 4) is 11.5 Å². The Morgan fingerprint density at radius 2 is 1.61 bits per heavy atom. The summed E-state index contributed by atoms with van der Waals surface area (Å²) in [4.78, 5) is 40.8. The van der Waals surface area contributed by atoms with Crippen LogP contribution in [0.1, 0.15) is 15.9 Å². The van der Waals surface area contributed by atoms with Gasteiger partial charge in [-0.1, -0.05) is 18.2 Å². The quantitative estimate of drug-likeness (QED) is 0.607. The fourth-order valence-corrected chi connectivity index (χ4v) is 3.68. The Balaban J connectivity index is 1.53. The van der Waals surface area contributed by atoms with E-state index in [1.807, 2.05) is 11.0 Å². The Bertz CT molecular complexity index is 1000. The van der Waals surface area contributed by atoms with Crippen molar-refractivity contribution in [3.05, 3.63) is 53.6 Å². The second-order valence-corrected chi connectivity index (χ2v) is 7.60. The molecule has 2 aromatic carbocycles. The predicted molar refractivity (Wildman–Crippen MR) is 123 cm³/mol. The lowest BCUT2D eigenvalue weighted by Gasteiger charge is -2.34. The Hall–Kier alpha value is -3.59. The van der Waals surface area contributed by atoms with Crippen LogP contribution in [0.25, 0.3) is 0 Å². The first kappa shape index (κ1) is 24.1. The first-order chi connectivity index (χ1) is 15.9. The average Bonchev–Trinajstić information content (AvgIpc) is 2.84. The first-order valence-corrected chi connectivity index (χ1v) is 10.6. The van der Waals surface area contributed by atoms with Gasteiger partial charge in [0.25, 0.3) is 5.91 Å². The number of hydrogen-bond donors (Lipinski definition) is 1. The van der Waals surface area contributed by atoms with Gasteiger partial charge in [-0.15, -0.1) is 0 Å². The minimum atomic E-state index is -0.369. The molecule has 3 rings (SSSR count). The fraction of sp³-hybridized carbons (Fsp3) is 0.375. The summed E-state index contributed by atoms with van der Waals surface area (Å²) in [6.07, 6.45) is 0.0872. The zero-order chi connectivity index (χ0) is 23.8. The number of methoxy groups -OCH3 is 3. The van der Waals surface area contributed by atoms with E-state index in [4.69, 9.17) is 14.2 Å². The molecule has 1 heterocycles. The van der Waals surface area contributed by atoms with E-state index in [2.05, 4.69) is 5.32 Å². The van der Waals surface area contributed by atoms with E-state index in [0.29, 0.717) is 54.5 Å². The highest BCUT2D eigenvalue weighted by molar-refractivity contribution is 5.95. The van der Waals surface area contributed by atoms with Crippen LogP contribution in [-0.4, -0.2) is 81.6 Å². The summed E-state index contributed by atoms with van der Waals surface area (Å²) in [6.45, 7) is 2.39. The van der Waals surface area contributed by atoms with Crippen molar-refractivity contribution < 1.29 is 28.6 Å². The molecule has 0 aliphatic carbocycles. The van der Waals surface area contributed by atoms with E-state index in [1.54, 1.807) is 48.4 Å². The molecule has 9 nitrogen and oxygen atoms in total. The molecule has 33 heavy (non-hydrogen) atoms. The fourth-order valence-electron chi connectivity index (χ4n) is 3.68. The molecule has 0 bridgehead atoms. The van der Waals surface area contributed by atoms with E-state index in [1.165, 1.54) is 14.2 Å². The van der Waals surface area contributed by atoms with Gasteiger partial charge in [-0.3, -0.25) is 19.3 Å². The number of ether oxygens (including phenoxy) is 3. The number of carbonyl (C=O) groups is 3. The molecular formula is C24H29N3O6. The molecule has 1 aliphatic heterocycles. The van der Waals surface area contributed by atoms with Gasteiger partial charge in [0.1, 0.15) is 0 Å². The highest BCUT2D eigenvalue weighted by Gasteiger charge is 2.24. The maximum absolute atomic E-state index is 12.9. The van der Waals surface area contributed by atoms with E-state index in [-0.39, 0.29) is 30.7 Å². The highest BCUT2D eigenvalue weighted by Crippen LogP contribution is 2.28. The van der Waals surface area contributed by atoms with Gasteiger partial charge < -0.3 is 24.4 Å². The Morgan fingerprint density at radius 1 is 0.909 bits per heavy atom. The number of anilines is 1.